The monoisotopic (exact) mass is 297 g/mol. The maximum atomic E-state index is 5.72. The van der Waals surface area contributed by atoms with Crippen molar-refractivity contribution in [3.63, 3.8) is 0 Å². The van der Waals surface area contributed by atoms with Gasteiger partial charge in [0, 0.05) is 0 Å². The molecule has 0 spiro atoms. The molecule has 2 aromatic rings. The number of benzene rings is 1. The molecule has 1 heterocycles. The van der Waals surface area contributed by atoms with Gasteiger partial charge in [0.05, 0.1) is 0 Å². The van der Waals surface area contributed by atoms with Crippen molar-refractivity contribution in [3.8, 4) is 11.8 Å². The number of rotatable bonds is 3. The van der Waals surface area contributed by atoms with Crippen LogP contribution >= 0.6 is 23.2 Å². The zero-order valence-electron chi connectivity index (χ0n) is 10.8. The Morgan fingerprint density at radius 1 is 1.05 bits per heavy atom. The molecule has 0 unspecified atom stereocenters. The molecule has 0 aliphatic carbocycles. The Morgan fingerprint density at radius 3 is 2.26 bits per heavy atom. The minimum Gasteiger partial charge on any atom is -0.424 e. The van der Waals surface area contributed by atoms with E-state index in [-0.39, 0.29) is 16.6 Å². The van der Waals surface area contributed by atoms with Gasteiger partial charge in [0.25, 0.3) is 0 Å². The van der Waals surface area contributed by atoms with Crippen molar-refractivity contribution in [3.05, 3.63) is 39.9 Å². The molecule has 0 atom stereocenters. The van der Waals surface area contributed by atoms with Crippen LogP contribution in [0.2, 0.25) is 10.6 Å². The lowest BCUT2D eigenvalue weighted by Crippen LogP contribution is -1.99. The molecule has 1 aromatic carbocycles. The van der Waals surface area contributed by atoms with Crippen molar-refractivity contribution in [2.24, 2.45) is 0 Å². The van der Waals surface area contributed by atoms with E-state index in [4.69, 9.17) is 27.9 Å². The standard InChI is InChI=1S/C13H13Cl2N3O/c1-7(2)9-5-4-8(3)6-10(9)19-13-17-11(14)16-12(15)18-13/h4-7H,1-3H3. The Hall–Kier alpha value is -1.39. The summed E-state index contributed by atoms with van der Waals surface area (Å²) in [5, 5.41) is 0.0162. The third-order valence-electron chi connectivity index (χ3n) is 2.55. The second-order valence-electron chi connectivity index (χ2n) is 4.45. The quantitative estimate of drug-likeness (QED) is 0.842. The first-order chi connectivity index (χ1) is 8.95. The van der Waals surface area contributed by atoms with Crippen molar-refractivity contribution in [1.82, 2.24) is 15.0 Å². The third-order valence-corrected chi connectivity index (χ3v) is 2.89. The summed E-state index contributed by atoms with van der Waals surface area (Å²) in [5.41, 5.74) is 2.16. The molecule has 6 heteroatoms. The van der Waals surface area contributed by atoms with Gasteiger partial charge in [0.1, 0.15) is 5.75 Å². The van der Waals surface area contributed by atoms with Gasteiger partial charge in [-0.1, -0.05) is 26.0 Å². The van der Waals surface area contributed by atoms with Crippen LogP contribution in [0.25, 0.3) is 0 Å². The van der Waals surface area contributed by atoms with Crippen LogP contribution in [0.1, 0.15) is 30.9 Å². The highest BCUT2D eigenvalue weighted by atomic mass is 35.5. The highest BCUT2D eigenvalue weighted by Crippen LogP contribution is 2.30. The van der Waals surface area contributed by atoms with Crippen molar-refractivity contribution in [2.75, 3.05) is 0 Å². The fourth-order valence-electron chi connectivity index (χ4n) is 1.66. The molecular weight excluding hydrogens is 285 g/mol. The molecule has 0 fully saturated rings. The van der Waals surface area contributed by atoms with Crippen LogP contribution in [0, 0.1) is 6.92 Å². The van der Waals surface area contributed by atoms with E-state index in [0.717, 1.165) is 11.1 Å². The fraction of sp³-hybridized carbons (Fsp3) is 0.308. The molecule has 0 aliphatic rings. The number of aromatic nitrogens is 3. The summed E-state index contributed by atoms with van der Waals surface area (Å²) in [6.45, 7) is 6.17. The second-order valence-corrected chi connectivity index (χ2v) is 5.13. The lowest BCUT2D eigenvalue weighted by molar-refractivity contribution is 0.432. The molecule has 100 valence electrons. The van der Waals surface area contributed by atoms with Crippen LogP contribution in [0.5, 0.6) is 11.8 Å². The summed E-state index contributed by atoms with van der Waals surface area (Å²) in [4.78, 5) is 11.5. The molecule has 0 bridgehead atoms. The largest absolute Gasteiger partial charge is 0.424 e. The Bertz CT molecular complexity index is 582. The van der Waals surface area contributed by atoms with Crippen molar-refractivity contribution < 1.29 is 4.74 Å². The van der Waals surface area contributed by atoms with Crippen LogP contribution < -0.4 is 4.74 Å². The van der Waals surface area contributed by atoms with Gasteiger partial charge >= 0.3 is 6.01 Å². The molecule has 0 aliphatic heterocycles. The molecular formula is C13H13Cl2N3O. The Balaban J connectivity index is 2.39. The van der Waals surface area contributed by atoms with Gasteiger partial charge in [0.2, 0.25) is 10.6 Å². The Labute approximate surface area is 121 Å². The van der Waals surface area contributed by atoms with Gasteiger partial charge in [-0.2, -0.15) is 15.0 Å². The maximum absolute atomic E-state index is 5.72. The van der Waals surface area contributed by atoms with Crippen LogP contribution in [0.4, 0.5) is 0 Å². The van der Waals surface area contributed by atoms with E-state index >= 15 is 0 Å². The minimum absolute atomic E-state index is 0.00810. The third kappa shape index (κ3) is 3.55. The Kier molecular flexibility index (Phi) is 4.22. The topological polar surface area (TPSA) is 47.9 Å². The van der Waals surface area contributed by atoms with Crippen molar-refractivity contribution in [2.45, 2.75) is 26.7 Å². The van der Waals surface area contributed by atoms with Gasteiger partial charge in [0.15, 0.2) is 0 Å². The highest BCUT2D eigenvalue weighted by molar-refractivity contribution is 6.31. The second kappa shape index (κ2) is 5.72. The summed E-state index contributed by atoms with van der Waals surface area (Å²) in [6, 6.07) is 6.09. The SMILES string of the molecule is Cc1ccc(C(C)C)c(Oc2nc(Cl)nc(Cl)n2)c1. The van der Waals surface area contributed by atoms with E-state index in [1.807, 2.05) is 25.1 Å². The maximum Gasteiger partial charge on any atom is 0.327 e. The number of hydrogen-bond acceptors (Lipinski definition) is 4. The van der Waals surface area contributed by atoms with Crippen molar-refractivity contribution >= 4 is 23.2 Å². The van der Waals surface area contributed by atoms with Crippen LogP contribution in [0.3, 0.4) is 0 Å². The molecule has 0 saturated carbocycles. The predicted molar refractivity (Wildman–Crippen MR) is 75.2 cm³/mol. The average molecular weight is 298 g/mol. The molecule has 1 aromatic heterocycles. The number of nitrogens with zero attached hydrogens (tertiary/aromatic N) is 3. The highest BCUT2D eigenvalue weighted by Gasteiger charge is 2.12. The van der Waals surface area contributed by atoms with Gasteiger partial charge in [-0.15, -0.1) is 0 Å². The lowest BCUT2D eigenvalue weighted by Gasteiger charge is -2.13. The smallest absolute Gasteiger partial charge is 0.327 e. The van der Waals surface area contributed by atoms with E-state index in [0.29, 0.717) is 11.7 Å². The van der Waals surface area contributed by atoms with E-state index in [2.05, 4.69) is 28.8 Å². The van der Waals surface area contributed by atoms with Crippen LogP contribution in [-0.2, 0) is 0 Å². The van der Waals surface area contributed by atoms with E-state index in [1.54, 1.807) is 0 Å². The molecule has 19 heavy (non-hydrogen) atoms. The first-order valence-electron chi connectivity index (χ1n) is 5.81. The molecule has 0 N–H and O–H groups in total. The summed E-state index contributed by atoms with van der Waals surface area (Å²) >= 11 is 11.4. The molecule has 2 rings (SSSR count). The summed E-state index contributed by atoms with van der Waals surface area (Å²) < 4.78 is 5.68. The van der Waals surface area contributed by atoms with E-state index in [1.165, 1.54) is 0 Å². The van der Waals surface area contributed by atoms with Crippen LogP contribution in [0.15, 0.2) is 18.2 Å². The van der Waals surface area contributed by atoms with Gasteiger partial charge < -0.3 is 4.74 Å². The first-order valence-corrected chi connectivity index (χ1v) is 6.57. The van der Waals surface area contributed by atoms with Gasteiger partial charge in [-0.25, -0.2) is 0 Å². The number of ether oxygens (including phenoxy) is 1. The predicted octanol–water partition coefficient (Wildman–Crippen LogP) is 4.40. The molecule has 4 nitrogen and oxygen atoms in total. The van der Waals surface area contributed by atoms with Crippen LogP contribution in [-0.4, -0.2) is 15.0 Å². The summed E-state index contributed by atoms with van der Waals surface area (Å²) in [7, 11) is 0. The minimum atomic E-state index is 0.00810. The van der Waals surface area contributed by atoms with E-state index < -0.39 is 0 Å². The first kappa shape index (κ1) is 14.0. The van der Waals surface area contributed by atoms with Gasteiger partial charge in [-0.3, -0.25) is 0 Å². The number of aryl methyl sites for hydroxylation is 1. The van der Waals surface area contributed by atoms with Gasteiger partial charge in [-0.05, 0) is 53.2 Å². The molecule has 0 amide bonds. The lowest BCUT2D eigenvalue weighted by atomic mass is 10.0. The fourth-order valence-corrected chi connectivity index (χ4v) is 2.01. The normalized spacial score (nSPS) is 10.8. The zero-order chi connectivity index (χ0) is 14.0. The molecule has 0 saturated heterocycles. The number of halogens is 2. The van der Waals surface area contributed by atoms with E-state index in [9.17, 15) is 0 Å². The van der Waals surface area contributed by atoms with Crippen molar-refractivity contribution in [1.29, 1.82) is 0 Å². The average Bonchev–Trinajstić information content (AvgIpc) is 2.26. The summed E-state index contributed by atoms with van der Waals surface area (Å²) in [6.07, 6.45) is 0. The zero-order valence-corrected chi connectivity index (χ0v) is 12.3. The number of hydrogen-bond donors (Lipinski definition) is 0. The summed E-state index contributed by atoms with van der Waals surface area (Å²) in [5.74, 6) is 1.02. The molecule has 0 radical (unpaired) electrons. The Morgan fingerprint density at radius 2 is 1.68 bits per heavy atom.